The average molecular weight is 382 g/mol. The number of carbonyl (C=O) groups excluding carboxylic acids is 1. The monoisotopic (exact) mass is 381 g/mol. The maximum absolute atomic E-state index is 12.7. The number of nitrogens with one attached hydrogen (secondary N) is 1. The predicted molar refractivity (Wildman–Crippen MR) is 97.6 cm³/mol. The van der Waals surface area contributed by atoms with Crippen molar-refractivity contribution in [3.8, 4) is 0 Å². The molecule has 0 atom stereocenters. The van der Waals surface area contributed by atoms with Gasteiger partial charge in [-0.05, 0) is 50.1 Å². The van der Waals surface area contributed by atoms with Gasteiger partial charge < -0.3 is 9.47 Å². The fraction of sp³-hybridized carbons (Fsp3) is 0.353. The summed E-state index contributed by atoms with van der Waals surface area (Å²) in [7, 11) is -3.79. The Kier molecular flexibility index (Phi) is 4.79. The van der Waals surface area contributed by atoms with Crippen LogP contribution in [0.3, 0.4) is 0 Å². The smallest absolute Gasteiger partial charge is 0.270 e. The lowest BCUT2D eigenvalue weighted by molar-refractivity contribution is 0.0766. The molecule has 25 heavy (non-hydrogen) atoms. The molecular formula is C17H20ClN3O3S. The fourth-order valence-corrected chi connectivity index (χ4v) is 4.33. The van der Waals surface area contributed by atoms with Crippen LogP contribution in [-0.4, -0.2) is 36.9 Å². The number of aromatic nitrogens is 1. The van der Waals surface area contributed by atoms with Gasteiger partial charge in [0.2, 0.25) is 0 Å². The second-order valence-corrected chi connectivity index (χ2v) is 8.18. The highest BCUT2D eigenvalue weighted by Gasteiger charge is 2.26. The lowest BCUT2D eigenvalue weighted by atomic mass is 10.2. The summed E-state index contributed by atoms with van der Waals surface area (Å²) in [6.45, 7) is 5.60. The standard InChI is InChI=1S/C17H20ClN3O3S/c1-3-20-7-4-8-21-11-14(10-16(21)17(20)22)25(23,24)19-15-6-5-13(18)9-12(15)2/h5-6,9-11,19H,3-4,7-8H2,1-2H3. The summed E-state index contributed by atoms with van der Waals surface area (Å²) in [5.41, 5.74) is 1.60. The number of halogens is 1. The van der Waals surface area contributed by atoms with E-state index in [1.54, 1.807) is 34.6 Å². The van der Waals surface area contributed by atoms with Crippen molar-refractivity contribution in [3.63, 3.8) is 0 Å². The lowest BCUT2D eigenvalue weighted by Gasteiger charge is -2.17. The van der Waals surface area contributed by atoms with Gasteiger partial charge in [0.1, 0.15) is 10.6 Å². The van der Waals surface area contributed by atoms with Gasteiger partial charge in [-0.1, -0.05) is 11.6 Å². The second-order valence-electron chi connectivity index (χ2n) is 6.06. The van der Waals surface area contributed by atoms with Crippen LogP contribution >= 0.6 is 11.6 Å². The minimum absolute atomic E-state index is 0.0863. The van der Waals surface area contributed by atoms with Crippen molar-refractivity contribution >= 4 is 33.2 Å². The Bertz CT molecular complexity index is 921. The summed E-state index contributed by atoms with van der Waals surface area (Å²) in [5.74, 6) is -0.135. The van der Waals surface area contributed by atoms with E-state index in [4.69, 9.17) is 11.6 Å². The first kappa shape index (κ1) is 17.8. The molecule has 0 saturated heterocycles. The van der Waals surface area contributed by atoms with Crippen molar-refractivity contribution in [3.05, 3.63) is 46.7 Å². The van der Waals surface area contributed by atoms with Crippen LogP contribution in [-0.2, 0) is 16.6 Å². The third-order valence-corrected chi connectivity index (χ3v) is 5.90. The van der Waals surface area contributed by atoms with Gasteiger partial charge in [-0.25, -0.2) is 8.42 Å². The molecule has 1 aliphatic heterocycles. The molecule has 6 nitrogen and oxygen atoms in total. The number of benzene rings is 1. The lowest BCUT2D eigenvalue weighted by Crippen LogP contribution is -2.30. The highest BCUT2D eigenvalue weighted by Crippen LogP contribution is 2.25. The van der Waals surface area contributed by atoms with E-state index in [1.807, 2.05) is 6.92 Å². The van der Waals surface area contributed by atoms with Crippen LogP contribution in [0.2, 0.25) is 5.02 Å². The molecule has 134 valence electrons. The molecule has 0 saturated carbocycles. The van der Waals surface area contributed by atoms with E-state index < -0.39 is 10.0 Å². The number of sulfonamides is 1. The van der Waals surface area contributed by atoms with E-state index in [0.29, 0.717) is 36.0 Å². The van der Waals surface area contributed by atoms with Crippen molar-refractivity contribution in [2.75, 3.05) is 17.8 Å². The quantitative estimate of drug-likeness (QED) is 0.884. The number of aryl methyl sites for hydroxylation is 2. The number of amides is 1. The molecule has 8 heteroatoms. The largest absolute Gasteiger partial charge is 0.342 e. The molecule has 2 heterocycles. The van der Waals surface area contributed by atoms with E-state index >= 15 is 0 Å². The van der Waals surface area contributed by atoms with Crippen LogP contribution in [0.5, 0.6) is 0 Å². The van der Waals surface area contributed by atoms with Crippen LogP contribution < -0.4 is 4.72 Å². The highest BCUT2D eigenvalue weighted by atomic mass is 35.5. The summed E-state index contributed by atoms with van der Waals surface area (Å²) < 4.78 is 29.7. The van der Waals surface area contributed by atoms with Gasteiger partial charge in [0.05, 0.1) is 5.69 Å². The maximum Gasteiger partial charge on any atom is 0.270 e. The maximum atomic E-state index is 12.7. The van der Waals surface area contributed by atoms with Gasteiger partial charge in [0.25, 0.3) is 15.9 Å². The van der Waals surface area contributed by atoms with Crippen molar-refractivity contribution in [1.29, 1.82) is 0 Å². The third-order valence-electron chi connectivity index (χ3n) is 4.33. The van der Waals surface area contributed by atoms with Gasteiger partial charge >= 0.3 is 0 Å². The van der Waals surface area contributed by atoms with Crippen molar-refractivity contribution in [1.82, 2.24) is 9.47 Å². The molecular weight excluding hydrogens is 362 g/mol. The minimum Gasteiger partial charge on any atom is -0.342 e. The number of carbonyl (C=O) groups is 1. The number of rotatable bonds is 4. The van der Waals surface area contributed by atoms with Crippen LogP contribution in [0.1, 0.15) is 29.4 Å². The summed E-state index contributed by atoms with van der Waals surface area (Å²) in [5, 5.41) is 0.543. The van der Waals surface area contributed by atoms with Crippen molar-refractivity contribution < 1.29 is 13.2 Å². The molecule has 1 aromatic carbocycles. The van der Waals surface area contributed by atoms with Gasteiger partial charge in [0, 0.05) is 30.9 Å². The number of anilines is 1. The Labute approximate surface area is 152 Å². The number of fused-ring (bicyclic) bond motifs is 1. The van der Waals surface area contributed by atoms with Gasteiger partial charge in [-0.2, -0.15) is 0 Å². The minimum atomic E-state index is -3.79. The molecule has 1 amide bonds. The molecule has 3 rings (SSSR count). The van der Waals surface area contributed by atoms with Gasteiger partial charge in [0.15, 0.2) is 0 Å². The molecule has 0 spiro atoms. The van der Waals surface area contributed by atoms with Crippen LogP contribution in [0.25, 0.3) is 0 Å². The Morgan fingerprint density at radius 3 is 2.68 bits per heavy atom. The Morgan fingerprint density at radius 1 is 1.24 bits per heavy atom. The van der Waals surface area contributed by atoms with Gasteiger partial charge in [-0.3, -0.25) is 9.52 Å². The molecule has 1 N–H and O–H groups in total. The molecule has 0 bridgehead atoms. The first-order valence-electron chi connectivity index (χ1n) is 8.10. The zero-order valence-electron chi connectivity index (χ0n) is 14.1. The topological polar surface area (TPSA) is 71.4 Å². The molecule has 0 radical (unpaired) electrons. The summed E-state index contributed by atoms with van der Waals surface area (Å²) in [4.78, 5) is 14.3. The fourth-order valence-electron chi connectivity index (χ4n) is 2.94. The first-order chi connectivity index (χ1) is 11.8. The summed E-state index contributed by atoms with van der Waals surface area (Å²) >= 11 is 5.91. The molecule has 2 aromatic rings. The number of hydrogen-bond donors (Lipinski definition) is 1. The Balaban J connectivity index is 1.94. The predicted octanol–water partition coefficient (Wildman–Crippen LogP) is 3.12. The average Bonchev–Trinajstić information content (AvgIpc) is 2.93. The molecule has 1 aromatic heterocycles. The second kappa shape index (κ2) is 6.72. The number of hydrogen-bond acceptors (Lipinski definition) is 3. The van der Waals surface area contributed by atoms with E-state index in [0.717, 1.165) is 12.0 Å². The highest BCUT2D eigenvalue weighted by molar-refractivity contribution is 7.92. The molecule has 0 aliphatic carbocycles. The number of nitrogens with zero attached hydrogens (tertiary/aromatic N) is 2. The zero-order valence-corrected chi connectivity index (χ0v) is 15.7. The normalized spacial score (nSPS) is 15.0. The summed E-state index contributed by atoms with van der Waals surface area (Å²) in [6, 6.07) is 6.39. The molecule has 1 aliphatic rings. The Morgan fingerprint density at radius 2 is 2.00 bits per heavy atom. The molecule has 0 fully saturated rings. The van der Waals surface area contributed by atoms with Gasteiger partial charge in [-0.15, -0.1) is 0 Å². The van der Waals surface area contributed by atoms with E-state index in [9.17, 15) is 13.2 Å². The van der Waals surface area contributed by atoms with E-state index in [1.165, 1.54) is 12.3 Å². The van der Waals surface area contributed by atoms with Crippen LogP contribution in [0, 0.1) is 6.92 Å². The van der Waals surface area contributed by atoms with Crippen LogP contribution in [0.4, 0.5) is 5.69 Å². The van der Waals surface area contributed by atoms with Crippen molar-refractivity contribution in [2.24, 2.45) is 0 Å². The van der Waals surface area contributed by atoms with E-state index in [2.05, 4.69) is 4.72 Å². The van der Waals surface area contributed by atoms with E-state index in [-0.39, 0.29) is 10.8 Å². The van der Waals surface area contributed by atoms with Crippen molar-refractivity contribution in [2.45, 2.75) is 31.7 Å². The zero-order chi connectivity index (χ0) is 18.2. The first-order valence-corrected chi connectivity index (χ1v) is 9.96. The summed E-state index contributed by atoms with van der Waals surface area (Å²) in [6.07, 6.45) is 2.32. The Hall–Kier alpha value is -1.99. The third kappa shape index (κ3) is 3.52. The van der Waals surface area contributed by atoms with Crippen LogP contribution in [0.15, 0.2) is 35.4 Å². The molecule has 0 unspecified atom stereocenters. The SMILES string of the molecule is CCN1CCCn2cc(S(=O)(=O)Nc3ccc(Cl)cc3C)cc2C1=O.